The van der Waals surface area contributed by atoms with Crippen molar-refractivity contribution in [3.8, 4) is 0 Å². The molecule has 1 amide bonds. The van der Waals surface area contributed by atoms with E-state index in [1.54, 1.807) is 7.05 Å². The SMILES string of the molecule is CCCN(CC(=O)NC)CC(C)N. The van der Waals surface area contributed by atoms with Gasteiger partial charge in [-0.15, -0.1) is 0 Å². The lowest BCUT2D eigenvalue weighted by Gasteiger charge is -2.22. The molecule has 0 aliphatic carbocycles. The van der Waals surface area contributed by atoms with Crippen molar-refractivity contribution >= 4 is 5.91 Å². The van der Waals surface area contributed by atoms with Crippen molar-refractivity contribution in [1.29, 1.82) is 0 Å². The van der Waals surface area contributed by atoms with E-state index in [0.29, 0.717) is 6.54 Å². The standard InChI is InChI=1S/C9H21N3O/c1-4-5-12(6-8(2)10)7-9(13)11-3/h8H,4-7,10H2,1-3H3,(H,11,13). The van der Waals surface area contributed by atoms with Crippen molar-refractivity contribution in [3.05, 3.63) is 0 Å². The molecule has 0 bridgehead atoms. The molecule has 4 heteroatoms. The van der Waals surface area contributed by atoms with E-state index in [-0.39, 0.29) is 11.9 Å². The highest BCUT2D eigenvalue weighted by molar-refractivity contribution is 5.77. The molecule has 0 heterocycles. The molecule has 3 N–H and O–H groups in total. The number of hydrogen-bond acceptors (Lipinski definition) is 3. The fourth-order valence-corrected chi connectivity index (χ4v) is 1.24. The molecule has 4 nitrogen and oxygen atoms in total. The van der Waals surface area contributed by atoms with E-state index in [1.807, 2.05) is 6.92 Å². The van der Waals surface area contributed by atoms with Crippen LogP contribution in [0.4, 0.5) is 0 Å². The van der Waals surface area contributed by atoms with Gasteiger partial charge in [-0.2, -0.15) is 0 Å². The quantitative estimate of drug-likeness (QED) is 0.605. The second kappa shape index (κ2) is 6.86. The van der Waals surface area contributed by atoms with E-state index in [2.05, 4.69) is 17.1 Å². The zero-order valence-corrected chi connectivity index (χ0v) is 8.84. The molecule has 0 radical (unpaired) electrons. The van der Waals surface area contributed by atoms with Gasteiger partial charge in [-0.3, -0.25) is 9.69 Å². The summed E-state index contributed by atoms with van der Waals surface area (Å²) in [5.41, 5.74) is 5.67. The summed E-state index contributed by atoms with van der Waals surface area (Å²) in [6.07, 6.45) is 1.05. The second-order valence-electron chi connectivity index (χ2n) is 3.39. The first-order valence-electron chi connectivity index (χ1n) is 4.78. The summed E-state index contributed by atoms with van der Waals surface area (Å²) in [6.45, 7) is 6.20. The molecule has 0 spiro atoms. The van der Waals surface area contributed by atoms with Crippen molar-refractivity contribution in [1.82, 2.24) is 10.2 Å². The first-order chi connectivity index (χ1) is 6.10. The number of carbonyl (C=O) groups is 1. The molecular formula is C9H21N3O. The van der Waals surface area contributed by atoms with Crippen molar-refractivity contribution in [2.24, 2.45) is 5.73 Å². The summed E-state index contributed by atoms with van der Waals surface area (Å²) in [7, 11) is 1.65. The molecule has 0 aromatic carbocycles. The average Bonchev–Trinajstić information content (AvgIpc) is 2.03. The fourth-order valence-electron chi connectivity index (χ4n) is 1.24. The van der Waals surface area contributed by atoms with Gasteiger partial charge >= 0.3 is 0 Å². The monoisotopic (exact) mass is 187 g/mol. The Morgan fingerprint density at radius 1 is 1.62 bits per heavy atom. The van der Waals surface area contributed by atoms with Gasteiger partial charge < -0.3 is 11.1 Å². The van der Waals surface area contributed by atoms with Gasteiger partial charge in [0.25, 0.3) is 0 Å². The smallest absolute Gasteiger partial charge is 0.233 e. The third-order valence-electron chi connectivity index (χ3n) is 1.73. The van der Waals surface area contributed by atoms with Gasteiger partial charge in [-0.1, -0.05) is 6.92 Å². The van der Waals surface area contributed by atoms with E-state index >= 15 is 0 Å². The summed E-state index contributed by atoms with van der Waals surface area (Å²) >= 11 is 0. The highest BCUT2D eigenvalue weighted by Gasteiger charge is 2.09. The average molecular weight is 187 g/mol. The van der Waals surface area contributed by atoms with E-state index < -0.39 is 0 Å². The maximum atomic E-state index is 11.1. The Balaban J connectivity index is 3.86. The normalized spacial score (nSPS) is 13.0. The number of nitrogens with zero attached hydrogens (tertiary/aromatic N) is 1. The Morgan fingerprint density at radius 3 is 2.62 bits per heavy atom. The largest absolute Gasteiger partial charge is 0.358 e. The van der Waals surface area contributed by atoms with Crippen LogP contribution < -0.4 is 11.1 Å². The van der Waals surface area contributed by atoms with Gasteiger partial charge in [0.2, 0.25) is 5.91 Å². The Hall–Kier alpha value is -0.610. The summed E-state index contributed by atoms with van der Waals surface area (Å²) in [4.78, 5) is 13.2. The predicted octanol–water partition coefficient (Wildman–Crippen LogP) is -0.208. The van der Waals surface area contributed by atoms with Gasteiger partial charge in [-0.25, -0.2) is 0 Å². The number of nitrogens with one attached hydrogen (secondary N) is 1. The first-order valence-corrected chi connectivity index (χ1v) is 4.78. The molecule has 13 heavy (non-hydrogen) atoms. The van der Waals surface area contributed by atoms with Crippen LogP contribution in [0.15, 0.2) is 0 Å². The summed E-state index contributed by atoms with van der Waals surface area (Å²) in [6, 6.07) is 0.121. The molecule has 0 aromatic rings. The predicted molar refractivity (Wildman–Crippen MR) is 54.4 cm³/mol. The third kappa shape index (κ3) is 6.54. The lowest BCUT2D eigenvalue weighted by molar-refractivity contribution is -0.121. The molecule has 0 aliphatic rings. The maximum absolute atomic E-state index is 11.1. The number of rotatable bonds is 6. The van der Waals surface area contributed by atoms with E-state index in [9.17, 15) is 4.79 Å². The Labute approximate surface area is 80.5 Å². The highest BCUT2D eigenvalue weighted by atomic mass is 16.1. The van der Waals surface area contributed by atoms with Crippen LogP contribution in [0.25, 0.3) is 0 Å². The number of amides is 1. The summed E-state index contributed by atoms with van der Waals surface area (Å²) in [5.74, 6) is 0.0501. The van der Waals surface area contributed by atoms with Crippen molar-refractivity contribution in [2.75, 3.05) is 26.7 Å². The van der Waals surface area contributed by atoms with Gasteiger partial charge in [0.05, 0.1) is 6.54 Å². The fraction of sp³-hybridized carbons (Fsp3) is 0.889. The van der Waals surface area contributed by atoms with Crippen LogP contribution in [0.2, 0.25) is 0 Å². The highest BCUT2D eigenvalue weighted by Crippen LogP contribution is 1.92. The molecule has 0 rings (SSSR count). The van der Waals surface area contributed by atoms with Crippen molar-refractivity contribution in [3.63, 3.8) is 0 Å². The van der Waals surface area contributed by atoms with Crippen LogP contribution in [-0.2, 0) is 4.79 Å². The Morgan fingerprint density at radius 2 is 2.23 bits per heavy atom. The Bertz CT molecular complexity index is 148. The third-order valence-corrected chi connectivity index (χ3v) is 1.73. The van der Waals surface area contributed by atoms with Crippen molar-refractivity contribution < 1.29 is 4.79 Å². The van der Waals surface area contributed by atoms with Crippen LogP contribution in [-0.4, -0.2) is 43.5 Å². The molecule has 1 unspecified atom stereocenters. The molecule has 0 aliphatic heterocycles. The molecular weight excluding hydrogens is 166 g/mol. The Kier molecular flexibility index (Phi) is 6.54. The number of carbonyl (C=O) groups excluding carboxylic acids is 1. The van der Waals surface area contributed by atoms with Crippen LogP contribution in [0.1, 0.15) is 20.3 Å². The molecule has 0 saturated heterocycles. The van der Waals surface area contributed by atoms with Crippen LogP contribution in [0.5, 0.6) is 0 Å². The topological polar surface area (TPSA) is 58.4 Å². The second-order valence-corrected chi connectivity index (χ2v) is 3.39. The minimum Gasteiger partial charge on any atom is -0.358 e. The molecule has 0 saturated carbocycles. The number of hydrogen-bond donors (Lipinski definition) is 2. The van der Waals surface area contributed by atoms with Gasteiger partial charge in [0, 0.05) is 19.6 Å². The maximum Gasteiger partial charge on any atom is 0.233 e. The van der Waals surface area contributed by atoms with Crippen LogP contribution >= 0.6 is 0 Å². The van der Waals surface area contributed by atoms with Crippen molar-refractivity contribution in [2.45, 2.75) is 26.3 Å². The molecule has 0 aromatic heterocycles. The van der Waals surface area contributed by atoms with E-state index in [0.717, 1.165) is 19.5 Å². The van der Waals surface area contributed by atoms with Gasteiger partial charge in [0.1, 0.15) is 0 Å². The van der Waals surface area contributed by atoms with E-state index in [4.69, 9.17) is 5.73 Å². The van der Waals surface area contributed by atoms with Gasteiger partial charge in [0.15, 0.2) is 0 Å². The number of likely N-dealkylation sites (N-methyl/N-ethyl adjacent to an activating group) is 1. The zero-order valence-electron chi connectivity index (χ0n) is 8.84. The lowest BCUT2D eigenvalue weighted by Crippen LogP contribution is -2.41. The van der Waals surface area contributed by atoms with Crippen LogP contribution in [0, 0.1) is 0 Å². The number of nitrogens with two attached hydrogens (primary N) is 1. The zero-order chi connectivity index (χ0) is 10.3. The summed E-state index contributed by atoms with van der Waals surface area (Å²) in [5, 5.41) is 2.61. The first kappa shape index (κ1) is 12.4. The molecule has 78 valence electrons. The minimum atomic E-state index is 0.0501. The minimum absolute atomic E-state index is 0.0501. The lowest BCUT2D eigenvalue weighted by atomic mass is 10.3. The van der Waals surface area contributed by atoms with E-state index in [1.165, 1.54) is 0 Å². The van der Waals surface area contributed by atoms with Crippen LogP contribution in [0.3, 0.4) is 0 Å². The summed E-state index contributed by atoms with van der Waals surface area (Å²) < 4.78 is 0. The molecule has 0 fully saturated rings. The van der Waals surface area contributed by atoms with Gasteiger partial charge in [-0.05, 0) is 19.9 Å². The molecule has 1 atom stereocenters.